The fraction of sp³-hybridized carbons (Fsp3) is 0.400. The Labute approximate surface area is 178 Å². The minimum Gasteiger partial charge on any atom is -0.547 e. The molecule has 0 bridgehead atoms. The van der Waals surface area contributed by atoms with Crippen LogP contribution in [0.1, 0.15) is 6.92 Å². The molecule has 2 fully saturated rings. The molecule has 2 aliphatic rings. The number of hydrogen-bond acceptors (Lipinski definition) is 8. The van der Waals surface area contributed by atoms with Crippen LogP contribution in [-0.4, -0.2) is 63.9 Å². The summed E-state index contributed by atoms with van der Waals surface area (Å²) in [6.07, 6.45) is -1.54. The Balaban J connectivity index is 0.00000264. The van der Waals surface area contributed by atoms with Gasteiger partial charge in [-0.25, -0.2) is 9.59 Å². The van der Waals surface area contributed by atoms with Crippen molar-refractivity contribution < 1.29 is 98.1 Å². The van der Waals surface area contributed by atoms with E-state index in [0.717, 1.165) is 6.92 Å². The molecule has 0 aromatic rings. The summed E-state index contributed by atoms with van der Waals surface area (Å²) in [7, 11) is 0. The molecule has 6 amide bonds. The molecular weight excluding hydrogens is 350 g/mol. The number of carbonyl (C=O) groups excluding carboxylic acids is 6. The number of nitrogens with zero attached hydrogens (tertiary/aromatic N) is 2. The molecule has 0 saturated carbocycles. The summed E-state index contributed by atoms with van der Waals surface area (Å²) in [5.74, 6) is -6.25. The third kappa shape index (κ3) is 3.73. The van der Waals surface area contributed by atoms with Gasteiger partial charge in [0.25, 0.3) is 11.8 Å². The number of urea groups is 2. The maximum atomic E-state index is 11.7. The van der Waals surface area contributed by atoms with Gasteiger partial charge in [0, 0.05) is 0 Å². The van der Waals surface area contributed by atoms with E-state index in [1.165, 1.54) is 0 Å². The van der Waals surface area contributed by atoms with Crippen molar-refractivity contribution in [3.8, 4) is 0 Å². The van der Waals surface area contributed by atoms with E-state index < -0.39 is 54.1 Å². The molecule has 24 heavy (non-hydrogen) atoms. The van der Waals surface area contributed by atoms with Crippen molar-refractivity contribution in [3.63, 3.8) is 0 Å². The van der Waals surface area contributed by atoms with Crippen LogP contribution in [0, 0.1) is 0 Å². The number of nitrogens with one attached hydrogen (secondary N) is 2. The van der Waals surface area contributed by atoms with Crippen molar-refractivity contribution in [2.24, 2.45) is 0 Å². The molecule has 0 aliphatic carbocycles. The number of amides is 6. The van der Waals surface area contributed by atoms with E-state index in [1.54, 1.807) is 10.6 Å². The summed E-state index contributed by atoms with van der Waals surface area (Å²) < 4.78 is 0. The van der Waals surface area contributed by atoms with Crippen LogP contribution in [0.5, 0.6) is 0 Å². The number of carboxylic acid groups (broad SMARTS) is 2. The Kier molecular flexibility index (Phi) is 7.86. The average Bonchev–Trinajstić information content (AvgIpc) is 2.84. The number of rotatable bonds is 4. The van der Waals surface area contributed by atoms with Gasteiger partial charge in [-0.2, -0.15) is 0 Å². The van der Waals surface area contributed by atoms with Crippen LogP contribution < -0.4 is 80.0 Å². The van der Waals surface area contributed by atoms with E-state index >= 15 is 0 Å². The SMILES string of the molecule is CC(N1C(=O)NC(=O)C1C(=O)[O-])N1C(=O)NC(=O)C1C(=O)[O-].[Na+].[Na+]. The number of imide groups is 2. The molecule has 2 heterocycles. The van der Waals surface area contributed by atoms with Gasteiger partial charge in [-0.15, -0.1) is 0 Å². The molecule has 0 spiro atoms. The van der Waals surface area contributed by atoms with Crippen molar-refractivity contribution in [2.45, 2.75) is 25.2 Å². The topological polar surface area (TPSA) is 179 Å². The number of carbonyl (C=O) groups is 6. The van der Waals surface area contributed by atoms with E-state index in [1.807, 2.05) is 0 Å². The second kappa shape index (κ2) is 8.27. The van der Waals surface area contributed by atoms with Crippen LogP contribution in [0.2, 0.25) is 0 Å². The van der Waals surface area contributed by atoms with Gasteiger partial charge in [-0.1, -0.05) is 0 Å². The molecule has 0 aromatic heterocycles. The summed E-state index contributed by atoms with van der Waals surface area (Å²) in [6, 6.07) is -6.46. The fourth-order valence-corrected chi connectivity index (χ4v) is 2.31. The van der Waals surface area contributed by atoms with Gasteiger partial charge in [0.2, 0.25) is 0 Å². The molecule has 2 atom stereocenters. The maximum absolute atomic E-state index is 11.7. The van der Waals surface area contributed by atoms with Crippen molar-refractivity contribution in [2.75, 3.05) is 0 Å². The van der Waals surface area contributed by atoms with Crippen LogP contribution in [0.4, 0.5) is 9.59 Å². The van der Waals surface area contributed by atoms with Gasteiger partial charge in [0.1, 0.15) is 6.17 Å². The van der Waals surface area contributed by atoms with E-state index in [4.69, 9.17) is 0 Å². The van der Waals surface area contributed by atoms with Crippen LogP contribution in [0.15, 0.2) is 0 Å². The summed E-state index contributed by atoms with van der Waals surface area (Å²) in [4.78, 5) is 68.9. The molecular formula is C10H8N4Na2O8. The number of carboxylic acids is 2. The van der Waals surface area contributed by atoms with Crippen molar-refractivity contribution in [1.82, 2.24) is 20.4 Å². The average molecular weight is 358 g/mol. The quantitative estimate of drug-likeness (QED) is 0.282. The Bertz CT molecular complexity index is 574. The second-order valence-electron chi connectivity index (χ2n) is 4.48. The third-order valence-electron chi connectivity index (χ3n) is 3.23. The van der Waals surface area contributed by atoms with Crippen LogP contribution >= 0.6 is 0 Å². The molecule has 14 heteroatoms. The predicted octanol–water partition coefficient (Wildman–Crippen LogP) is -11.3. The first kappa shape index (κ1) is 22.8. The first-order valence-electron chi connectivity index (χ1n) is 5.85. The minimum atomic E-state index is -2.06. The summed E-state index contributed by atoms with van der Waals surface area (Å²) in [5.41, 5.74) is 0. The third-order valence-corrected chi connectivity index (χ3v) is 3.23. The Morgan fingerprint density at radius 1 is 0.875 bits per heavy atom. The molecule has 0 aromatic carbocycles. The molecule has 12 nitrogen and oxygen atoms in total. The molecule has 2 unspecified atom stereocenters. The Morgan fingerprint density at radius 2 is 1.17 bits per heavy atom. The maximum Gasteiger partial charge on any atom is 1.00 e. The van der Waals surface area contributed by atoms with Crippen LogP contribution in [-0.2, 0) is 19.2 Å². The minimum absolute atomic E-state index is 0. The summed E-state index contributed by atoms with van der Waals surface area (Å²) >= 11 is 0. The zero-order chi connectivity index (χ0) is 16.8. The van der Waals surface area contributed by atoms with Crippen LogP contribution in [0.3, 0.4) is 0 Å². The molecule has 2 rings (SSSR count). The molecule has 2 aliphatic heterocycles. The van der Waals surface area contributed by atoms with Gasteiger partial charge in [-0.05, 0) is 6.92 Å². The molecule has 2 saturated heterocycles. The van der Waals surface area contributed by atoms with Crippen molar-refractivity contribution in [3.05, 3.63) is 0 Å². The first-order valence-corrected chi connectivity index (χ1v) is 5.85. The normalized spacial score (nSPS) is 23.9. The first-order chi connectivity index (χ1) is 10.2. The zero-order valence-corrected chi connectivity index (χ0v) is 16.9. The molecule has 0 radical (unpaired) electrons. The van der Waals surface area contributed by atoms with Gasteiger partial charge in [0.05, 0.1) is 11.9 Å². The van der Waals surface area contributed by atoms with E-state index in [0.29, 0.717) is 9.80 Å². The Hall–Kier alpha value is -1.18. The van der Waals surface area contributed by atoms with Gasteiger partial charge < -0.3 is 19.8 Å². The summed E-state index contributed by atoms with van der Waals surface area (Å²) in [5, 5.41) is 25.3. The largest absolute Gasteiger partial charge is 1.00 e. The van der Waals surface area contributed by atoms with E-state index in [-0.39, 0.29) is 59.1 Å². The number of hydrogen-bond donors (Lipinski definition) is 2. The standard InChI is InChI=1S/C10H10N4O8.2Na/c1-2(13-3(7(17)18)5(15)11-9(13)21)14-4(8(19)20)6(16)12-10(14)22;;/h2-4H,1H3,(H,17,18)(H,19,20)(H,11,15,21)(H,12,16,22);;/q;2*+1/p-2. The van der Waals surface area contributed by atoms with E-state index in [2.05, 4.69) is 0 Å². The zero-order valence-electron chi connectivity index (χ0n) is 12.9. The molecule has 118 valence electrons. The van der Waals surface area contributed by atoms with E-state index in [9.17, 15) is 39.0 Å². The van der Waals surface area contributed by atoms with Gasteiger partial charge >= 0.3 is 71.2 Å². The van der Waals surface area contributed by atoms with Crippen molar-refractivity contribution >= 4 is 35.8 Å². The van der Waals surface area contributed by atoms with Gasteiger partial charge in [0.15, 0.2) is 12.1 Å². The smallest absolute Gasteiger partial charge is 0.547 e. The second-order valence-corrected chi connectivity index (χ2v) is 4.48. The monoisotopic (exact) mass is 358 g/mol. The molecule has 2 N–H and O–H groups in total. The van der Waals surface area contributed by atoms with Crippen molar-refractivity contribution in [1.29, 1.82) is 0 Å². The van der Waals surface area contributed by atoms with Gasteiger partial charge in [-0.3, -0.25) is 30.0 Å². The fourth-order valence-electron chi connectivity index (χ4n) is 2.31. The number of aliphatic carboxylic acids is 2. The summed E-state index contributed by atoms with van der Waals surface area (Å²) in [6.45, 7) is 1.07. The Morgan fingerprint density at radius 3 is 1.42 bits per heavy atom. The van der Waals surface area contributed by atoms with Crippen LogP contribution in [0.25, 0.3) is 0 Å². The predicted molar refractivity (Wildman–Crippen MR) is 57.8 cm³/mol.